The molecule has 0 saturated carbocycles. The second-order valence-corrected chi connectivity index (χ2v) is 10.2. The number of carbonyl (C=O) groups excluding carboxylic acids is 2. The number of hydrogen-bond donors (Lipinski definition) is 4. The van der Waals surface area contributed by atoms with E-state index in [0.29, 0.717) is 0 Å². The third kappa shape index (κ3) is 3.25. The number of hydrogen-bond acceptors (Lipinski definition) is 7. The Hall–Kier alpha value is -1.68. The number of amides is 2. The van der Waals surface area contributed by atoms with Gasteiger partial charge in [-0.05, 0) is 34.6 Å². The number of sulfone groups is 1. The minimum atomic E-state index is -3.40. The summed E-state index contributed by atoms with van der Waals surface area (Å²) in [6.45, 7) is 7.54. The summed E-state index contributed by atoms with van der Waals surface area (Å²) in [6, 6.07) is -2.87. The van der Waals surface area contributed by atoms with Crippen LogP contribution in [0.1, 0.15) is 41.0 Å². The van der Waals surface area contributed by atoms with E-state index < -0.39 is 61.7 Å². The Morgan fingerprint density at radius 2 is 1.71 bits per heavy atom. The third-order valence-corrected chi connectivity index (χ3v) is 7.78. The van der Waals surface area contributed by atoms with Gasteiger partial charge in [-0.25, -0.2) is 8.42 Å². The van der Waals surface area contributed by atoms with Crippen LogP contribution >= 0.6 is 0 Å². The van der Waals surface area contributed by atoms with Crippen LogP contribution in [0.25, 0.3) is 1.43 Å². The van der Waals surface area contributed by atoms with Gasteiger partial charge in [-0.2, -0.15) is 0 Å². The van der Waals surface area contributed by atoms with Gasteiger partial charge in [0.2, 0.25) is 11.8 Å². The quantitative estimate of drug-likeness (QED) is 0.459. The van der Waals surface area contributed by atoms with Crippen molar-refractivity contribution in [1.29, 1.82) is 1.43 Å². The van der Waals surface area contributed by atoms with Crippen molar-refractivity contribution in [2.24, 2.45) is 5.73 Å². The first-order valence-electron chi connectivity index (χ1n) is 7.87. The number of carboxylic acids is 1. The number of rotatable bonds is 6. The Bertz CT molecular complexity index is 654. The molecule has 10 heteroatoms. The van der Waals surface area contributed by atoms with Gasteiger partial charge in [0.25, 0.3) is 1.43 Å². The van der Waals surface area contributed by atoms with E-state index in [9.17, 15) is 22.8 Å². The van der Waals surface area contributed by atoms with E-state index in [4.69, 9.17) is 7.16 Å². The van der Waals surface area contributed by atoms with Crippen molar-refractivity contribution in [3.63, 3.8) is 0 Å². The molecule has 5 N–H and O–H groups in total. The van der Waals surface area contributed by atoms with Crippen molar-refractivity contribution in [2.75, 3.05) is 0 Å². The topological polar surface area (TPSA) is 156 Å². The van der Waals surface area contributed by atoms with Crippen LogP contribution in [-0.4, -0.2) is 58.9 Å². The smallest absolute Gasteiger partial charge is 0.305 e. The Labute approximate surface area is 142 Å². The molecular formula is C14H25N3O6S. The molecule has 0 spiro atoms. The summed E-state index contributed by atoms with van der Waals surface area (Å²) >= 11 is 0. The molecule has 1 rings (SSSR count). The van der Waals surface area contributed by atoms with E-state index in [2.05, 4.69) is 15.7 Å². The largest absolute Gasteiger partial charge is 0.481 e. The average Bonchev–Trinajstić information content (AvgIpc) is 2.50. The molecule has 2 amide bonds. The number of carbonyl (C=O) groups is 3. The molecule has 138 valence electrons. The van der Waals surface area contributed by atoms with Crippen LogP contribution in [0.5, 0.6) is 0 Å². The molecule has 1 heterocycles. The molecule has 1 fully saturated rings. The lowest BCUT2D eigenvalue weighted by atomic mass is 9.89. The fourth-order valence-electron chi connectivity index (χ4n) is 3.04. The molecule has 24 heavy (non-hydrogen) atoms. The minimum absolute atomic E-state index is 0.495. The number of nitrogens with two attached hydrogens (primary N) is 1. The molecule has 0 unspecified atom stereocenters. The highest BCUT2D eigenvalue weighted by Crippen LogP contribution is 2.48. The van der Waals surface area contributed by atoms with E-state index in [-0.39, 0.29) is 0 Å². The highest BCUT2D eigenvalue weighted by molar-refractivity contribution is 7.95. The molecule has 0 radical (unpaired) electrons. The van der Waals surface area contributed by atoms with Gasteiger partial charge in [0.05, 0.1) is 28.0 Å². The predicted octanol–water partition coefficient (Wildman–Crippen LogP) is -1.24. The maximum absolute atomic E-state index is 12.3. The lowest BCUT2D eigenvalue weighted by Gasteiger charge is -2.56. The number of carboxylic acid groups (broad SMARTS) is 1. The highest BCUT2D eigenvalue weighted by atomic mass is 32.2. The van der Waals surface area contributed by atoms with Crippen molar-refractivity contribution in [2.45, 2.75) is 68.7 Å². The van der Waals surface area contributed by atoms with Gasteiger partial charge in [-0.15, -0.1) is 0 Å². The Morgan fingerprint density at radius 3 is 2.17 bits per heavy atom. The van der Waals surface area contributed by atoms with Gasteiger partial charge in [0.1, 0.15) is 6.04 Å². The van der Waals surface area contributed by atoms with Crippen LogP contribution in [-0.2, 0) is 24.2 Å². The van der Waals surface area contributed by atoms with Gasteiger partial charge in [0.15, 0.2) is 9.84 Å². The normalized spacial score (nSPS) is 23.8. The monoisotopic (exact) mass is 364 g/mol. The highest BCUT2D eigenvalue weighted by Gasteiger charge is 2.67. The van der Waals surface area contributed by atoms with Crippen LogP contribution < -0.4 is 16.4 Å². The number of aliphatic carboxylic acids is 1. The zero-order valence-electron chi connectivity index (χ0n) is 15.4. The van der Waals surface area contributed by atoms with E-state index in [1.54, 1.807) is 0 Å². The summed E-state index contributed by atoms with van der Waals surface area (Å²) in [5.74, 6) is -2.29. The van der Waals surface area contributed by atoms with Crippen molar-refractivity contribution in [3.8, 4) is 0 Å². The standard InChI is InChI=1S/C14H25N3O6S/c1-7(16-11(21)8(15)6-9(18)19)10(20)17-12-13(2,3)24(22,23)14(12,4)5/h7-8,12H,6,15H2,1-5H3,(H,16,21)(H,17,20)(H,18,19)/t7-,8-/m0/s1/i/hD. The first-order valence-corrected chi connectivity index (χ1v) is 8.95. The zero-order valence-corrected chi connectivity index (χ0v) is 15.2. The minimum Gasteiger partial charge on any atom is -0.481 e. The summed E-state index contributed by atoms with van der Waals surface area (Å²) in [5.41, 5.74) is 5.50. The van der Waals surface area contributed by atoms with Crippen LogP contribution in [0.15, 0.2) is 0 Å². The van der Waals surface area contributed by atoms with Crippen LogP contribution in [0.4, 0.5) is 0 Å². The fraction of sp³-hybridized carbons (Fsp3) is 0.786. The van der Waals surface area contributed by atoms with Crippen LogP contribution in [0, 0.1) is 0 Å². The van der Waals surface area contributed by atoms with Gasteiger partial charge in [-0.1, -0.05) is 0 Å². The number of nitrogens with one attached hydrogen (secondary N) is 2. The molecule has 0 aromatic carbocycles. The van der Waals surface area contributed by atoms with Crippen LogP contribution in [0.3, 0.4) is 0 Å². The maximum atomic E-state index is 12.3. The molecule has 0 aromatic rings. The molecule has 1 aliphatic rings. The zero-order chi connectivity index (χ0) is 19.8. The van der Waals surface area contributed by atoms with E-state index in [0.717, 1.165) is 0 Å². The maximum Gasteiger partial charge on any atom is 0.305 e. The molecular weight excluding hydrogens is 338 g/mol. The Kier molecular flexibility index (Phi) is 4.91. The lowest BCUT2D eigenvalue weighted by Crippen LogP contribution is -2.78. The van der Waals surface area contributed by atoms with Crippen molar-refractivity contribution in [3.05, 3.63) is 0 Å². The van der Waals surface area contributed by atoms with Gasteiger partial charge >= 0.3 is 5.97 Å². The third-order valence-electron chi connectivity index (χ3n) is 4.54. The van der Waals surface area contributed by atoms with E-state index in [1.165, 1.54) is 34.6 Å². The first kappa shape index (κ1) is 18.7. The van der Waals surface area contributed by atoms with Gasteiger partial charge in [-0.3, -0.25) is 14.4 Å². The molecule has 0 aromatic heterocycles. The second-order valence-electron chi connectivity index (χ2n) is 7.06. The van der Waals surface area contributed by atoms with Crippen molar-refractivity contribution < 1.29 is 27.9 Å². The summed E-state index contributed by atoms with van der Waals surface area (Å²) in [5, 5.41) is 8.68. The first-order chi connectivity index (χ1) is 11.2. The van der Waals surface area contributed by atoms with Crippen molar-refractivity contribution >= 4 is 27.6 Å². The fourth-order valence-corrected chi connectivity index (χ4v) is 5.54. The van der Waals surface area contributed by atoms with Crippen LogP contribution in [0.2, 0.25) is 0 Å². The molecule has 2 atom stereocenters. The van der Waals surface area contributed by atoms with Crippen molar-refractivity contribution in [1.82, 2.24) is 10.6 Å². The SMILES string of the molecule is [2H]OC(=O)C[C@H](N)C(=O)N[C@@H](C)C(=O)NC1C(C)(C)S(=O)(=O)C1(C)C. The summed E-state index contributed by atoms with van der Waals surface area (Å²) in [7, 11) is -3.40. The molecule has 0 bridgehead atoms. The molecule has 1 saturated heterocycles. The summed E-state index contributed by atoms with van der Waals surface area (Å²) in [4.78, 5) is 35.1. The Balaban J connectivity index is 2.70. The predicted molar refractivity (Wildman–Crippen MR) is 86.8 cm³/mol. The Morgan fingerprint density at radius 1 is 1.21 bits per heavy atom. The molecule has 0 aliphatic carbocycles. The summed E-state index contributed by atoms with van der Waals surface area (Å²) in [6.07, 6.45) is -0.495. The van der Waals surface area contributed by atoms with Gasteiger partial charge < -0.3 is 21.5 Å². The second kappa shape index (κ2) is 6.32. The molecule has 9 nitrogen and oxygen atoms in total. The van der Waals surface area contributed by atoms with E-state index in [1.807, 2.05) is 0 Å². The molecule has 1 aliphatic heterocycles. The average molecular weight is 364 g/mol. The lowest BCUT2D eigenvalue weighted by molar-refractivity contribution is -0.139. The summed E-state index contributed by atoms with van der Waals surface area (Å²) < 4.78 is 28.7. The van der Waals surface area contributed by atoms with Gasteiger partial charge in [0, 0.05) is 0 Å². The van der Waals surface area contributed by atoms with E-state index >= 15 is 0 Å².